The molecule has 0 aliphatic carbocycles. The van der Waals surface area contributed by atoms with Crippen LogP contribution in [-0.2, 0) is 13.0 Å². The van der Waals surface area contributed by atoms with E-state index >= 15 is 0 Å². The van der Waals surface area contributed by atoms with Gasteiger partial charge in [0, 0.05) is 50.9 Å². The molecule has 0 radical (unpaired) electrons. The van der Waals surface area contributed by atoms with Crippen molar-refractivity contribution in [2.75, 3.05) is 25.0 Å². The van der Waals surface area contributed by atoms with Gasteiger partial charge in [-0.05, 0) is 42.9 Å². The lowest BCUT2D eigenvalue weighted by molar-refractivity contribution is 0.143. The van der Waals surface area contributed by atoms with Gasteiger partial charge in [0.2, 0.25) is 0 Å². The number of aliphatic hydroxyl groups excluding tert-OH is 1. The van der Waals surface area contributed by atoms with Crippen LogP contribution < -0.4 is 5.32 Å². The topological polar surface area (TPSA) is 83.3 Å². The Bertz CT molecular complexity index is 650. The van der Waals surface area contributed by atoms with Gasteiger partial charge in [0.05, 0.1) is 0 Å². The van der Waals surface area contributed by atoms with Crippen molar-refractivity contribution < 1.29 is 9.90 Å². The number of likely N-dealkylation sites (tertiary alicyclic amines) is 1. The second kappa shape index (κ2) is 7.92. The fourth-order valence-electron chi connectivity index (χ4n) is 2.85. The molecule has 0 unspecified atom stereocenters. The summed E-state index contributed by atoms with van der Waals surface area (Å²) in [6, 6.07) is 5.67. The van der Waals surface area contributed by atoms with E-state index in [1.807, 2.05) is 29.1 Å². The molecule has 1 aliphatic heterocycles. The molecule has 24 heavy (non-hydrogen) atoms. The molecule has 7 heteroatoms. The molecule has 1 aliphatic rings. The first kappa shape index (κ1) is 16.4. The number of nitrogens with one attached hydrogen (secondary N) is 1. The van der Waals surface area contributed by atoms with Crippen molar-refractivity contribution in [3.63, 3.8) is 0 Å². The second-order valence-corrected chi connectivity index (χ2v) is 6.11. The van der Waals surface area contributed by atoms with E-state index in [-0.39, 0.29) is 12.6 Å². The zero-order valence-electron chi connectivity index (χ0n) is 13.6. The van der Waals surface area contributed by atoms with Crippen molar-refractivity contribution in [3.05, 3.63) is 42.4 Å². The monoisotopic (exact) mass is 329 g/mol. The SMILES string of the molecule is O=C(Nc1ccn(CCc2ccncc2)n1)N1CCC(CO)CC1. The summed E-state index contributed by atoms with van der Waals surface area (Å²) in [4.78, 5) is 18.0. The Morgan fingerprint density at radius 2 is 2.00 bits per heavy atom. The molecule has 1 saturated heterocycles. The third kappa shape index (κ3) is 4.32. The number of hydrogen-bond acceptors (Lipinski definition) is 4. The van der Waals surface area contributed by atoms with E-state index in [1.165, 1.54) is 5.56 Å². The minimum absolute atomic E-state index is 0.120. The molecule has 1 fully saturated rings. The van der Waals surface area contributed by atoms with E-state index in [2.05, 4.69) is 15.4 Å². The van der Waals surface area contributed by atoms with Gasteiger partial charge < -0.3 is 10.0 Å². The highest BCUT2D eigenvalue weighted by Crippen LogP contribution is 2.17. The van der Waals surface area contributed by atoms with Crippen molar-refractivity contribution in [2.45, 2.75) is 25.8 Å². The van der Waals surface area contributed by atoms with Gasteiger partial charge in [-0.2, -0.15) is 5.10 Å². The maximum Gasteiger partial charge on any atom is 0.323 e. The van der Waals surface area contributed by atoms with Gasteiger partial charge >= 0.3 is 6.03 Å². The number of carbonyl (C=O) groups excluding carboxylic acids is 1. The average Bonchev–Trinajstić information content (AvgIpc) is 3.08. The Morgan fingerprint density at radius 1 is 1.25 bits per heavy atom. The molecule has 2 aromatic rings. The van der Waals surface area contributed by atoms with Gasteiger partial charge in [-0.25, -0.2) is 4.79 Å². The minimum atomic E-state index is -0.120. The third-order valence-corrected chi connectivity index (χ3v) is 4.41. The standard InChI is InChI=1S/C17H23N5O2/c23-13-15-3-9-21(10-4-15)17(24)19-16-6-12-22(20-16)11-5-14-1-7-18-8-2-14/h1-2,6-8,12,15,23H,3-5,9-11,13H2,(H,19,20,24). The Labute approximate surface area is 141 Å². The first-order chi connectivity index (χ1) is 11.7. The van der Waals surface area contributed by atoms with Crippen molar-refractivity contribution in [3.8, 4) is 0 Å². The Hall–Kier alpha value is -2.41. The van der Waals surface area contributed by atoms with Crippen LogP contribution in [0.15, 0.2) is 36.8 Å². The summed E-state index contributed by atoms with van der Waals surface area (Å²) in [6.07, 6.45) is 8.00. The number of anilines is 1. The Kier molecular flexibility index (Phi) is 5.43. The average molecular weight is 329 g/mol. The molecule has 0 bridgehead atoms. The highest BCUT2D eigenvalue weighted by Gasteiger charge is 2.22. The number of piperidine rings is 1. The van der Waals surface area contributed by atoms with E-state index in [0.717, 1.165) is 25.8 Å². The number of urea groups is 1. The van der Waals surface area contributed by atoms with Crippen LogP contribution in [0, 0.1) is 5.92 Å². The second-order valence-electron chi connectivity index (χ2n) is 6.11. The van der Waals surface area contributed by atoms with E-state index in [4.69, 9.17) is 5.11 Å². The van der Waals surface area contributed by atoms with Crippen LogP contribution in [0.3, 0.4) is 0 Å². The smallest absolute Gasteiger partial charge is 0.323 e. The number of hydrogen-bond donors (Lipinski definition) is 2. The number of amides is 2. The quantitative estimate of drug-likeness (QED) is 0.875. The predicted octanol–water partition coefficient (Wildman–Crippen LogP) is 1.76. The molecule has 2 amide bonds. The molecule has 0 aromatic carbocycles. The molecular weight excluding hydrogens is 306 g/mol. The lowest BCUT2D eigenvalue weighted by Gasteiger charge is -2.30. The van der Waals surface area contributed by atoms with Gasteiger partial charge in [0.15, 0.2) is 5.82 Å². The van der Waals surface area contributed by atoms with Crippen molar-refractivity contribution in [1.82, 2.24) is 19.7 Å². The zero-order valence-corrected chi connectivity index (χ0v) is 13.6. The van der Waals surface area contributed by atoms with Crippen molar-refractivity contribution in [1.29, 1.82) is 0 Å². The van der Waals surface area contributed by atoms with E-state index < -0.39 is 0 Å². The molecule has 0 spiro atoms. The summed E-state index contributed by atoms with van der Waals surface area (Å²) in [5.74, 6) is 0.889. The maximum absolute atomic E-state index is 12.2. The third-order valence-electron chi connectivity index (χ3n) is 4.41. The van der Waals surface area contributed by atoms with Crippen molar-refractivity contribution >= 4 is 11.8 Å². The fraction of sp³-hybridized carbons (Fsp3) is 0.471. The van der Waals surface area contributed by atoms with Gasteiger partial charge in [-0.1, -0.05) is 0 Å². The van der Waals surface area contributed by atoms with Gasteiger partial charge in [0.1, 0.15) is 0 Å². The molecule has 128 valence electrons. The van der Waals surface area contributed by atoms with Crippen LogP contribution in [0.2, 0.25) is 0 Å². The molecule has 0 saturated carbocycles. The number of pyridine rings is 1. The minimum Gasteiger partial charge on any atom is -0.396 e. The molecule has 7 nitrogen and oxygen atoms in total. The largest absolute Gasteiger partial charge is 0.396 e. The number of rotatable bonds is 5. The lowest BCUT2D eigenvalue weighted by Crippen LogP contribution is -2.41. The first-order valence-corrected chi connectivity index (χ1v) is 8.34. The summed E-state index contributed by atoms with van der Waals surface area (Å²) in [6.45, 7) is 2.32. The molecule has 0 atom stereocenters. The highest BCUT2D eigenvalue weighted by molar-refractivity contribution is 5.88. The van der Waals surface area contributed by atoms with Crippen LogP contribution in [0.25, 0.3) is 0 Å². The van der Waals surface area contributed by atoms with E-state index in [9.17, 15) is 4.79 Å². The lowest BCUT2D eigenvalue weighted by atomic mass is 9.98. The Morgan fingerprint density at radius 3 is 2.71 bits per heavy atom. The maximum atomic E-state index is 12.2. The summed E-state index contributed by atoms with van der Waals surface area (Å²) in [7, 11) is 0. The van der Waals surface area contributed by atoms with Crippen LogP contribution in [0.5, 0.6) is 0 Å². The van der Waals surface area contributed by atoms with E-state index in [1.54, 1.807) is 17.3 Å². The summed E-state index contributed by atoms with van der Waals surface area (Å²) in [5, 5.41) is 16.4. The number of carbonyl (C=O) groups is 1. The normalized spacial score (nSPS) is 15.5. The first-order valence-electron chi connectivity index (χ1n) is 8.34. The summed E-state index contributed by atoms with van der Waals surface area (Å²) < 4.78 is 1.83. The van der Waals surface area contributed by atoms with Gasteiger partial charge in [-0.3, -0.25) is 15.0 Å². The van der Waals surface area contributed by atoms with Gasteiger partial charge in [-0.15, -0.1) is 0 Å². The highest BCUT2D eigenvalue weighted by atomic mass is 16.3. The fourth-order valence-corrected chi connectivity index (χ4v) is 2.85. The van der Waals surface area contributed by atoms with Crippen LogP contribution in [0.1, 0.15) is 18.4 Å². The zero-order chi connectivity index (χ0) is 16.8. The van der Waals surface area contributed by atoms with Crippen LogP contribution in [0.4, 0.5) is 10.6 Å². The van der Waals surface area contributed by atoms with Gasteiger partial charge in [0.25, 0.3) is 0 Å². The van der Waals surface area contributed by atoms with Crippen molar-refractivity contribution in [2.24, 2.45) is 5.92 Å². The number of aromatic nitrogens is 3. The molecular formula is C17H23N5O2. The predicted molar refractivity (Wildman–Crippen MR) is 90.6 cm³/mol. The van der Waals surface area contributed by atoms with E-state index in [0.29, 0.717) is 24.8 Å². The molecule has 2 N–H and O–H groups in total. The number of nitrogens with zero attached hydrogens (tertiary/aromatic N) is 4. The number of aryl methyl sites for hydroxylation is 2. The molecule has 3 heterocycles. The molecule has 2 aromatic heterocycles. The summed E-state index contributed by atoms with van der Waals surface area (Å²) in [5.41, 5.74) is 1.21. The van der Waals surface area contributed by atoms with Crippen LogP contribution >= 0.6 is 0 Å². The number of aliphatic hydroxyl groups is 1. The molecule has 3 rings (SSSR count). The summed E-state index contributed by atoms with van der Waals surface area (Å²) >= 11 is 0. The van der Waals surface area contributed by atoms with Crippen LogP contribution in [-0.4, -0.2) is 50.5 Å². The Balaban J connectivity index is 1.48.